The predicted molar refractivity (Wildman–Crippen MR) is 119 cm³/mol. The van der Waals surface area contributed by atoms with Crippen LogP contribution in [0.2, 0.25) is 0 Å². The molecule has 0 bridgehead atoms. The monoisotopic (exact) mass is 444 g/mol. The van der Waals surface area contributed by atoms with Gasteiger partial charge in [-0.05, 0) is 55.3 Å². The fourth-order valence-corrected chi connectivity index (χ4v) is 4.77. The molecule has 1 amide bonds. The average molecular weight is 445 g/mol. The Labute approximate surface area is 183 Å². The van der Waals surface area contributed by atoms with Gasteiger partial charge in [0.25, 0.3) is 5.91 Å². The zero-order valence-corrected chi connectivity index (χ0v) is 18.5. The Morgan fingerprint density at radius 1 is 1.03 bits per heavy atom. The highest BCUT2D eigenvalue weighted by molar-refractivity contribution is 7.91. The molecule has 0 saturated carbocycles. The van der Waals surface area contributed by atoms with Crippen molar-refractivity contribution >= 4 is 21.4 Å². The molecule has 0 aromatic heterocycles. The fraction of sp³-hybridized carbons (Fsp3) is 0.435. The third-order valence-electron chi connectivity index (χ3n) is 5.78. The molecular formula is C23H28N2O5S. The largest absolute Gasteiger partial charge is 0.490 e. The van der Waals surface area contributed by atoms with Crippen LogP contribution in [0, 0.1) is 0 Å². The molecular weight excluding hydrogens is 416 g/mol. The van der Waals surface area contributed by atoms with Crippen molar-refractivity contribution in [2.45, 2.75) is 37.1 Å². The predicted octanol–water partition coefficient (Wildman–Crippen LogP) is 3.04. The summed E-state index contributed by atoms with van der Waals surface area (Å²) >= 11 is 0. The summed E-state index contributed by atoms with van der Waals surface area (Å²) in [5.41, 5.74) is 1.57. The number of anilines is 1. The Morgan fingerprint density at radius 3 is 2.39 bits per heavy atom. The van der Waals surface area contributed by atoms with Crippen LogP contribution in [0.4, 0.5) is 5.69 Å². The van der Waals surface area contributed by atoms with Crippen LogP contribution in [0.5, 0.6) is 11.5 Å². The van der Waals surface area contributed by atoms with E-state index in [9.17, 15) is 13.2 Å². The molecule has 1 fully saturated rings. The number of hydrogen-bond donors (Lipinski definition) is 1. The first kappa shape index (κ1) is 21.5. The molecule has 2 aliphatic rings. The minimum atomic E-state index is -3.19. The molecule has 2 aromatic carbocycles. The topological polar surface area (TPSA) is 84.9 Å². The molecule has 31 heavy (non-hydrogen) atoms. The van der Waals surface area contributed by atoms with Gasteiger partial charge in [-0.15, -0.1) is 0 Å². The van der Waals surface area contributed by atoms with E-state index < -0.39 is 9.84 Å². The Morgan fingerprint density at radius 2 is 1.71 bits per heavy atom. The van der Waals surface area contributed by atoms with Crippen LogP contribution in [0.1, 0.15) is 36.5 Å². The number of hydrogen-bond acceptors (Lipinski definition) is 6. The normalized spacial score (nSPS) is 17.1. The van der Waals surface area contributed by atoms with Gasteiger partial charge in [0.05, 0.1) is 23.9 Å². The summed E-state index contributed by atoms with van der Waals surface area (Å²) in [4.78, 5) is 15.3. The van der Waals surface area contributed by atoms with Gasteiger partial charge in [-0.3, -0.25) is 4.79 Å². The number of nitrogens with zero attached hydrogens (tertiary/aromatic N) is 1. The van der Waals surface area contributed by atoms with Gasteiger partial charge in [-0.1, -0.05) is 6.92 Å². The van der Waals surface area contributed by atoms with E-state index >= 15 is 0 Å². The van der Waals surface area contributed by atoms with Crippen molar-refractivity contribution in [1.82, 2.24) is 5.32 Å². The number of piperidine rings is 1. The molecule has 2 aromatic rings. The maximum Gasteiger partial charge on any atom is 0.251 e. The van der Waals surface area contributed by atoms with E-state index in [0.29, 0.717) is 35.2 Å². The van der Waals surface area contributed by atoms with Gasteiger partial charge in [-0.25, -0.2) is 8.42 Å². The first-order valence-electron chi connectivity index (χ1n) is 10.7. The SMILES string of the molecule is CCS(=O)(=O)c1ccc(N2CCC(NC(=O)c3ccc4c(c3)OCCCO4)CC2)cc1. The van der Waals surface area contributed by atoms with Crippen LogP contribution in [0.3, 0.4) is 0 Å². The number of ether oxygens (including phenoxy) is 2. The Balaban J connectivity index is 1.33. The second kappa shape index (κ2) is 9.18. The third-order valence-corrected chi connectivity index (χ3v) is 7.53. The smallest absolute Gasteiger partial charge is 0.251 e. The zero-order valence-electron chi connectivity index (χ0n) is 17.7. The Bertz CT molecular complexity index is 1030. The first-order valence-corrected chi connectivity index (χ1v) is 12.4. The van der Waals surface area contributed by atoms with Crippen LogP contribution in [0.15, 0.2) is 47.4 Å². The van der Waals surface area contributed by atoms with Gasteiger partial charge in [0.1, 0.15) is 0 Å². The van der Waals surface area contributed by atoms with Gasteiger partial charge in [0.2, 0.25) is 0 Å². The van der Waals surface area contributed by atoms with Crippen molar-refractivity contribution in [2.75, 3.05) is 37.0 Å². The van der Waals surface area contributed by atoms with Gasteiger partial charge < -0.3 is 19.7 Å². The van der Waals surface area contributed by atoms with Gasteiger partial charge >= 0.3 is 0 Å². The van der Waals surface area contributed by atoms with E-state index in [4.69, 9.17) is 9.47 Å². The highest BCUT2D eigenvalue weighted by Crippen LogP contribution is 2.30. The summed E-state index contributed by atoms with van der Waals surface area (Å²) in [6, 6.07) is 12.5. The number of fused-ring (bicyclic) bond motifs is 1. The lowest BCUT2D eigenvalue weighted by atomic mass is 10.0. The minimum Gasteiger partial charge on any atom is -0.490 e. The van der Waals surface area contributed by atoms with E-state index in [2.05, 4.69) is 10.2 Å². The number of sulfone groups is 1. The van der Waals surface area contributed by atoms with Gasteiger partial charge in [-0.2, -0.15) is 0 Å². The molecule has 4 rings (SSSR count). The summed E-state index contributed by atoms with van der Waals surface area (Å²) in [5.74, 6) is 1.29. The number of rotatable bonds is 5. The lowest BCUT2D eigenvalue weighted by Crippen LogP contribution is -2.44. The maximum absolute atomic E-state index is 12.7. The molecule has 166 valence electrons. The fourth-order valence-electron chi connectivity index (χ4n) is 3.89. The second-order valence-corrected chi connectivity index (χ2v) is 10.1. The number of benzene rings is 2. The molecule has 1 N–H and O–H groups in total. The molecule has 0 radical (unpaired) electrons. The van der Waals surface area contributed by atoms with Gasteiger partial charge in [0, 0.05) is 36.8 Å². The standard InChI is InChI=1S/C23H28N2O5S/c1-2-31(27,28)20-7-5-19(6-8-20)25-12-10-18(11-13-25)24-23(26)17-4-9-21-22(16-17)30-15-3-14-29-21/h4-9,16,18H,2-3,10-15H2,1H3,(H,24,26). The number of carbonyl (C=O) groups is 1. The van der Waals surface area contributed by atoms with E-state index in [1.54, 1.807) is 37.3 Å². The highest BCUT2D eigenvalue weighted by atomic mass is 32.2. The summed E-state index contributed by atoms with van der Waals surface area (Å²) in [6.07, 6.45) is 2.47. The van der Waals surface area contributed by atoms with Crippen molar-refractivity contribution < 1.29 is 22.7 Å². The molecule has 8 heteroatoms. The first-order chi connectivity index (χ1) is 15.0. The van der Waals surface area contributed by atoms with Crippen molar-refractivity contribution in [2.24, 2.45) is 0 Å². The lowest BCUT2D eigenvalue weighted by molar-refractivity contribution is 0.0930. The zero-order chi connectivity index (χ0) is 21.8. The van der Waals surface area contributed by atoms with Crippen LogP contribution in [-0.4, -0.2) is 52.4 Å². The Kier molecular flexibility index (Phi) is 6.36. The van der Waals surface area contributed by atoms with Crippen LogP contribution >= 0.6 is 0 Å². The molecule has 0 unspecified atom stereocenters. The number of carbonyl (C=O) groups excluding carboxylic acids is 1. The molecule has 0 spiro atoms. The van der Waals surface area contributed by atoms with Crippen molar-refractivity contribution in [1.29, 1.82) is 0 Å². The number of nitrogens with one attached hydrogen (secondary N) is 1. The van der Waals surface area contributed by atoms with Crippen LogP contribution in [-0.2, 0) is 9.84 Å². The molecule has 2 aliphatic heterocycles. The highest BCUT2D eigenvalue weighted by Gasteiger charge is 2.23. The summed E-state index contributed by atoms with van der Waals surface area (Å²) in [5, 5.41) is 3.12. The van der Waals surface area contributed by atoms with E-state index in [0.717, 1.165) is 38.0 Å². The van der Waals surface area contributed by atoms with Crippen molar-refractivity contribution in [3.05, 3.63) is 48.0 Å². The third kappa shape index (κ3) is 4.95. The second-order valence-electron chi connectivity index (χ2n) is 7.84. The summed E-state index contributed by atoms with van der Waals surface area (Å²) in [7, 11) is -3.19. The maximum atomic E-state index is 12.7. The molecule has 2 heterocycles. The minimum absolute atomic E-state index is 0.0967. The van der Waals surface area contributed by atoms with Crippen LogP contribution < -0.4 is 19.7 Å². The van der Waals surface area contributed by atoms with Crippen LogP contribution in [0.25, 0.3) is 0 Å². The Hall–Kier alpha value is -2.74. The van der Waals surface area contributed by atoms with Gasteiger partial charge in [0.15, 0.2) is 21.3 Å². The molecule has 0 aliphatic carbocycles. The van der Waals surface area contributed by atoms with E-state index in [-0.39, 0.29) is 17.7 Å². The number of amides is 1. The molecule has 1 saturated heterocycles. The summed E-state index contributed by atoms with van der Waals surface area (Å²) in [6.45, 7) is 4.45. The van der Waals surface area contributed by atoms with E-state index in [1.165, 1.54) is 0 Å². The average Bonchev–Trinajstić information content (AvgIpc) is 3.04. The molecule has 0 atom stereocenters. The van der Waals surface area contributed by atoms with E-state index in [1.807, 2.05) is 12.1 Å². The molecule has 7 nitrogen and oxygen atoms in total. The quantitative estimate of drug-likeness (QED) is 0.763. The lowest BCUT2D eigenvalue weighted by Gasteiger charge is -2.34. The van der Waals surface area contributed by atoms with Crippen molar-refractivity contribution in [3.63, 3.8) is 0 Å². The van der Waals surface area contributed by atoms with Crippen molar-refractivity contribution in [3.8, 4) is 11.5 Å². The summed E-state index contributed by atoms with van der Waals surface area (Å²) < 4.78 is 35.3.